The van der Waals surface area contributed by atoms with Gasteiger partial charge in [-0.05, 0) is 0 Å². The Hall–Kier alpha value is -1.37. The number of ketones is 1. The van der Waals surface area contributed by atoms with Crippen molar-refractivity contribution >= 4 is 5.78 Å². The molecule has 0 bridgehead atoms. The Labute approximate surface area is 90.5 Å². The van der Waals surface area contributed by atoms with Crippen LogP contribution in [0.2, 0.25) is 0 Å². The van der Waals surface area contributed by atoms with Crippen molar-refractivity contribution in [3.63, 3.8) is 0 Å². The zero-order valence-corrected chi connectivity index (χ0v) is 8.71. The number of hydrogen-bond acceptors (Lipinski definition) is 3. The van der Waals surface area contributed by atoms with Crippen LogP contribution in [0.1, 0.15) is 5.82 Å². The lowest BCUT2D eigenvalue weighted by atomic mass is 10.2. The lowest BCUT2D eigenvalue weighted by Gasteiger charge is -2.07. The van der Waals surface area contributed by atoms with Gasteiger partial charge in [-0.3, -0.25) is 4.79 Å². The summed E-state index contributed by atoms with van der Waals surface area (Å²) < 4.78 is 36.9. The summed E-state index contributed by atoms with van der Waals surface area (Å²) in [5, 5.41) is 2.05. The second-order valence-electron chi connectivity index (χ2n) is 3.39. The fourth-order valence-electron chi connectivity index (χ4n) is 1.15. The number of rotatable bonds is 5. The van der Waals surface area contributed by atoms with Crippen molar-refractivity contribution in [2.24, 2.45) is 7.05 Å². The highest BCUT2D eigenvalue weighted by molar-refractivity contribution is 5.82. The van der Waals surface area contributed by atoms with E-state index in [-0.39, 0.29) is 18.7 Å². The molecule has 1 aromatic rings. The maximum absolute atomic E-state index is 11.8. The molecule has 16 heavy (non-hydrogen) atoms. The largest absolute Gasteiger partial charge is 0.401 e. The van der Waals surface area contributed by atoms with Crippen molar-refractivity contribution in [3.05, 3.63) is 18.2 Å². The first-order chi connectivity index (χ1) is 7.38. The summed E-state index contributed by atoms with van der Waals surface area (Å²) in [6, 6.07) is 0. The molecular formula is C9H12F3N3O. The molecule has 4 nitrogen and oxygen atoms in total. The molecule has 0 amide bonds. The van der Waals surface area contributed by atoms with E-state index in [1.807, 2.05) is 5.32 Å². The zero-order valence-electron chi connectivity index (χ0n) is 8.71. The van der Waals surface area contributed by atoms with Crippen LogP contribution in [-0.2, 0) is 18.3 Å². The molecule has 0 aliphatic rings. The third kappa shape index (κ3) is 4.43. The molecule has 0 unspecified atom stereocenters. The number of alkyl halides is 3. The van der Waals surface area contributed by atoms with Crippen LogP contribution in [0.15, 0.2) is 12.4 Å². The molecule has 1 heterocycles. The fourth-order valence-corrected chi connectivity index (χ4v) is 1.15. The number of carbonyl (C=O) groups is 1. The molecule has 0 atom stereocenters. The van der Waals surface area contributed by atoms with E-state index >= 15 is 0 Å². The average Bonchev–Trinajstić information content (AvgIpc) is 2.49. The van der Waals surface area contributed by atoms with Crippen molar-refractivity contribution in [2.45, 2.75) is 12.6 Å². The van der Waals surface area contributed by atoms with Crippen LogP contribution in [0.5, 0.6) is 0 Å². The summed E-state index contributed by atoms with van der Waals surface area (Å²) >= 11 is 0. The highest BCUT2D eigenvalue weighted by atomic mass is 19.4. The van der Waals surface area contributed by atoms with Gasteiger partial charge in [-0.2, -0.15) is 13.2 Å². The van der Waals surface area contributed by atoms with E-state index in [9.17, 15) is 18.0 Å². The lowest BCUT2D eigenvalue weighted by molar-refractivity contribution is -0.127. The van der Waals surface area contributed by atoms with E-state index in [2.05, 4.69) is 4.98 Å². The fraction of sp³-hybridized carbons (Fsp3) is 0.556. The van der Waals surface area contributed by atoms with Crippen LogP contribution in [0, 0.1) is 0 Å². The standard InChI is InChI=1S/C9H12F3N3O/c1-15-3-2-14-8(15)4-7(16)5-13-6-9(10,11)12/h2-3,13H,4-6H2,1H3. The van der Waals surface area contributed by atoms with Gasteiger partial charge in [0.25, 0.3) is 0 Å². The minimum absolute atomic E-state index is 0.0361. The molecule has 0 radical (unpaired) electrons. The summed E-state index contributed by atoms with van der Waals surface area (Å²) in [6.45, 7) is -1.45. The van der Waals surface area contributed by atoms with Crippen LogP contribution >= 0.6 is 0 Å². The molecule has 1 rings (SSSR count). The summed E-state index contributed by atoms with van der Waals surface area (Å²) in [4.78, 5) is 15.2. The van der Waals surface area contributed by atoms with E-state index < -0.39 is 12.7 Å². The first-order valence-corrected chi connectivity index (χ1v) is 4.64. The third-order valence-corrected chi connectivity index (χ3v) is 1.92. The van der Waals surface area contributed by atoms with E-state index in [1.54, 1.807) is 17.8 Å². The summed E-state index contributed by atoms with van der Waals surface area (Å²) in [5.41, 5.74) is 0. The van der Waals surface area contributed by atoms with Crippen molar-refractivity contribution in [3.8, 4) is 0 Å². The van der Waals surface area contributed by atoms with Crippen LogP contribution in [0.3, 0.4) is 0 Å². The van der Waals surface area contributed by atoms with Crippen molar-refractivity contribution in [1.82, 2.24) is 14.9 Å². The monoisotopic (exact) mass is 235 g/mol. The van der Waals surface area contributed by atoms with Gasteiger partial charge < -0.3 is 9.88 Å². The van der Waals surface area contributed by atoms with Gasteiger partial charge in [-0.1, -0.05) is 0 Å². The van der Waals surface area contributed by atoms with Crippen LogP contribution in [-0.4, -0.2) is 34.6 Å². The molecule has 1 N–H and O–H groups in total. The molecule has 90 valence electrons. The normalized spacial score (nSPS) is 11.8. The van der Waals surface area contributed by atoms with Crippen molar-refractivity contribution in [2.75, 3.05) is 13.1 Å². The maximum atomic E-state index is 11.8. The zero-order chi connectivity index (χ0) is 12.2. The van der Waals surface area contributed by atoms with Gasteiger partial charge in [0, 0.05) is 19.4 Å². The Balaban J connectivity index is 2.30. The van der Waals surface area contributed by atoms with E-state index in [0.717, 1.165) is 0 Å². The van der Waals surface area contributed by atoms with E-state index in [1.165, 1.54) is 6.20 Å². The SMILES string of the molecule is Cn1ccnc1CC(=O)CNCC(F)(F)F. The minimum Gasteiger partial charge on any atom is -0.338 e. The Morgan fingerprint density at radius 3 is 2.75 bits per heavy atom. The second kappa shape index (κ2) is 5.11. The predicted octanol–water partition coefficient (Wildman–Crippen LogP) is 0.684. The highest BCUT2D eigenvalue weighted by Gasteiger charge is 2.26. The van der Waals surface area contributed by atoms with Crippen molar-refractivity contribution < 1.29 is 18.0 Å². The number of nitrogens with one attached hydrogen (secondary N) is 1. The molecular weight excluding hydrogens is 223 g/mol. The molecule has 0 spiro atoms. The summed E-state index contributed by atoms with van der Waals surface area (Å²) in [7, 11) is 1.72. The number of imidazole rings is 1. The molecule has 0 aliphatic carbocycles. The predicted molar refractivity (Wildman–Crippen MR) is 50.8 cm³/mol. The molecule has 0 aliphatic heterocycles. The Kier molecular flexibility index (Phi) is 4.05. The molecule has 7 heteroatoms. The van der Waals surface area contributed by atoms with Gasteiger partial charge in [-0.15, -0.1) is 0 Å². The summed E-state index contributed by atoms with van der Waals surface area (Å²) in [5.74, 6) is 0.220. The van der Waals surface area contributed by atoms with Crippen LogP contribution in [0.25, 0.3) is 0 Å². The topological polar surface area (TPSA) is 46.9 Å². The number of hydrogen-bond donors (Lipinski definition) is 1. The Morgan fingerprint density at radius 2 is 2.25 bits per heavy atom. The van der Waals surface area contributed by atoms with Gasteiger partial charge in [-0.25, -0.2) is 4.98 Å². The van der Waals surface area contributed by atoms with Gasteiger partial charge >= 0.3 is 6.18 Å². The molecule has 0 aromatic carbocycles. The third-order valence-electron chi connectivity index (χ3n) is 1.92. The second-order valence-corrected chi connectivity index (χ2v) is 3.39. The quantitative estimate of drug-likeness (QED) is 0.816. The van der Waals surface area contributed by atoms with Crippen LogP contribution < -0.4 is 5.32 Å². The molecule has 0 saturated carbocycles. The minimum atomic E-state index is -4.29. The average molecular weight is 235 g/mol. The number of carbonyl (C=O) groups excluding carboxylic acids is 1. The maximum Gasteiger partial charge on any atom is 0.401 e. The molecule has 0 fully saturated rings. The summed E-state index contributed by atoms with van der Waals surface area (Å²) in [6.07, 6.45) is -1.05. The van der Waals surface area contributed by atoms with Gasteiger partial charge in [0.15, 0.2) is 5.78 Å². The number of nitrogens with zero attached hydrogens (tertiary/aromatic N) is 2. The number of aromatic nitrogens is 2. The van der Waals surface area contributed by atoms with E-state index in [4.69, 9.17) is 0 Å². The van der Waals surface area contributed by atoms with Gasteiger partial charge in [0.1, 0.15) is 5.82 Å². The first-order valence-electron chi connectivity index (χ1n) is 4.64. The number of aryl methyl sites for hydroxylation is 1. The van der Waals surface area contributed by atoms with Gasteiger partial charge in [0.05, 0.1) is 19.5 Å². The smallest absolute Gasteiger partial charge is 0.338 e. The highest BCUT2D eigenvalue weighted by Crippen LogP contribution is 2.11. The molecule has 1 aromatic heterocycles. The first kappa shape index (κ1) is 12.7. The van der Waals surface area contributed by atoms with Crippen LogP contribution in [0.4, 0.5) is 13.2 Å². The lowest BCUT2D eigenvalue weighted by Crippen LogP contribution is -2.33. The number of Topliss-reactive ketones (excluding diaryl/α,β-unsaturated/α-hetero) is 1. The number of halogens is 3. The Bertz CT molecular complexity index is 359. The Morgan fingerprint density at radius 1 is 1.56 bits per heavy atom. The molecule has 0 saturated heterocycles. The van der Waals surface area contributed by atoms with Gasteiger partial charge in [0.2, 0.25) is 0 Å². The van der Waals surface area contributed by atoms with Crippen molar-refractivity contribution in [1.29, 1.82) is 0 Å². The van der Waals surface area contributed by atoms with E-state index in [0.29, 0.717) is 5.82 Å².